The fourth-order valence-corrected chi connectivity index (χ4v) is 4.18. The summed E-state index contributed by atoms with van der Waals surface area (Å²) >= 11 is 3.43. The van der Waals surface area contributed by atoms with Crippen molar-refractivity contribution in [3.05, 3.63) is 52.5 Å². The molecule has 2 aromatic carbocycles. The zero-order valence-corrected chi connectivity index (χ0v) is 16.1. The molecular formula is C20H22BrN2O3+. The molecule has 0 saturated carbocycles. The van der Waals surface area contributed by atoms with Gasteiger partial charge < -0.3 is 19.7 Å². The number of hydrogen-bond acceptors (Lipinski definition) is 3. The fraction of sp³-hybridized carbons (Fsp3) is 0.350. The summed E-state index contributed by atoms with van der Waals surface area (Å²) in [5.41, 5.74) is 2.04. The summed E-state index contributed by atoms with van der Waals surface area (Å²) in [6.07, 6.45) is 2.21. The third kappa shape index (κ3) is 3.86. The van der Waals surface area contributed by atoms with E-state index in [4.69, 9.17) is 9.47 Å². The largest absolute Gasteiger partial charge is 0.486 e. The monoisotopic (exact) mass is 417 g/mol. The lowest BCUT2D eigenvalue weighted by atomic mass is 10.0. The number of quaternary nitrogens is 1. The number of hydrogen-bond donors (Lipinski definition) is 2. The second kappa shape index (κ2) is 7.68. The number of likely N-dealkylation sites (tertiary alicyclic amines) is 1. The van der Waals surface area contributed by atoms with Crippen LogP contribution < -0.4 is 19.7 Å². The molecule has 6 heteroatoms. The number of fused-ring (bicyclic) bond motifs is 1. The lowest BCUT2D eigenvalue weighted by molar-refractivity contribution is -0.910. The van der Waals surface area contributed by atoms with Gasteiger partial charge in [0, 0.05) is 28.6 Å². The van der Waals surface area contributed by atoms with E-state index < -0.39 is 0 Å². The molecule has 2 atom stereocenters. The molecule has 1 saturated heterocycles. The molecule has 2 aromatic rings. The van der Waals surface area contributed by atoms with Gasteiger partial charge in [-0.25, -0.2) is 0 Å². The first-order chi connectivity index (χ1) is 12.7. The minimum absolute atomic E-state index is 0.0440. The van der Waals surface area contributed by atoms with E-state index in [0.29, 0.717) is 25.8 Å². The summed E-state index contributed by atoms with van der Waals surface area (Å²) < 4.78 is 12.3. The molecule has 2 aliphatic heterocycles. The van der Waals surface area contributed by atoms with Crippen molar-refractivity contribution in [1.82, 2.24) is 0 Å². The van der Waals surface area contributed by atoms with Gasteiger partial charge in [0.15, 0.2) is 18.0 Å². The Bertz CT molecular complexity index is 811. The Hall–Kier alpha value is -2.05. The number of amides is 1. The molecule has 26 heavy (non-hydrogen) atoms. The maximum absolute atomic E-state index is 12.5. The molecule has 1 unspecified atom stereocenters. The molecule has 2 N–H and O–H groups in total. The third-order valence-corrected chi connectivity index (χ3v) is 5.44. The summed E-state index contributed by atoms with van der Waals surface area (Å²) in [4.78, 5) is 13.8. The van der Waals surface area contributed by atoms with Crippen molar-refractivity contribution >= 4 is 27.5 Å². The van der Waals surface area contributed by atoms with Gasteiger partial charge in [-0.15, -0.1) is 0 Å². The van der Waals surface area contributed by atoms with E-state index in [-0.39, 0.29) is 5.91 Å². The Morgan fingerprint density at radius 1 is 1.15 bits per heavy atom. The predicted octanol–water partition coefficient (Wildman–Crippen LogP) is 2.58. The average molecular weight is 418 g/mol. The molecule has 2 aliphatic rings. The standard InChI is InChI=1S/C20H21BrN2O3/c21-15-3-1-4-16(12-15)22-20(24)13-23-8-2-5-17(23)14-6-7-18-19(11-14)26-10-9-25-18/h1,3-4,6-7,11-12,17H,2,5,8-10,13H2,(H,22,24)/p+1/t17-/m1/s1. The lowest BCUT2D eigenvalue weighted by Crippen LogP contribution is -3.11. The molecule has 4 rings (SSSR count). The number of halogens is 1. The minimum atomic E-state index is 0.0440. The van der Waals surface area contributed by atoms with E-state index in [0.717, 1.165) is 41.0 Å². The highest BCUT2D eigenvalue weighted by Crippen LogP contribution is 2.33. The number of nitrogens with one attached hydrogen (secondary N) is 2. The van der Waals surface area contributed by atoms with Crippen molar-refractivity contribution in [3.8, 4) is 11.5 Å². The highest BCUT2D eigenvalue weighted by Gasteiger charge is 2.32. The topological polar surface area (TPSA) is 52.0 Å². The Balaban J connectivity index is 1.44. The van der Waals surface area contributed by atoms with E-state index in [1.807, 2.05) is 30.3 Å². The van der Waals surface area contributed by atoms with Crippen molar-refractivity contribution in [3.63, 3.8) is 0 Å². The molecule has 5 nitrogen and oxygen atoms in total. The zero-order chi connectivity index (χ0) is 17.9. The van der Waals surface area contributed by atoms with Crippen molar-refractivity contribution in [2.45, 2.75) is 18.9 Å². The summed E-state index contributed by atoms with van der Waals surface area (Å²) in [5, 5.41) is 3.00. The second-order valence-electron chi connectivity index (χ2n) is 6.74. The fourth-order valence-electron chi connectivity index (χ4n) is 3.78. The van der Waals surface area contributed by atoms with Crippen LogP contribution in [0.3, 0.4) is 0 Å². The van der Waals surface area contributed by atoms with Gasteiger partial charge in [0.1, 0.15) is 19.3 Å². The predicted molar refractivity (Wildman–Crippen MR) is 103 cm³/mol. The first kappa shape index (κ1) is 17.4. The molecule has 0 bridgehead atoms. The molecular weight excluding hydrogens is 396 g/mol. The molecule has 1 fully saturated rings. The van der Waals surface area contributed by atoms with E-state index >= 15 is 0 Å². The summed E-state index contributed by atoms with van der Waals surface area (Å²) in [6.45, 7) is 2.66. The Morgan fingerprint density at radius 3 is 2.85 bits per heavy atom. The first-order valence-corrected chi connectivity index (χ1v) is 9.78. The van der Waals surface area contributed by atoms with Gasteiger partial charge in [-0.1, -0.05) is 22.0 Å². The highest BCUT2D eigenvalue weighted by molar-refractivity contribution is 9.10. The molecule has 1 amide bonds. The molecule has 2 heterocycles. The van der Waals surface area contributed by atoms with Gasteiger partial charge in [-0.05, 0) is 36.4 Å². The van der Waals surface area contributed by atoms with Crippen LogP contribution in [0.4, 0.5) is 5.69 Å². The number of carbonyl (C=O) groups excluding carboxylic acids is 1. The third-order valence-electron chi connectivity index (χ3n) is 4.95. The molecule has 0 aromatic heterocycles. The number of benzene rings is 2. The highest BCUT2D eigenvalue weighted by atomic mass is 79.9. The molecule has 0 spiro atoms. The number of anilines is 1. The van der Waals surface area contributed by atoms with Crippen LogP contribution in [0.5, 0.6) is 11.5 Å². The number of ether oxygens (including phenoxy) is 2. The summed E-state index contributed by atoms with van der Waals surface area (Å²) in [6, 6.07) is 14.2. The van der Waals surface area contributed by atoms with Gasteiger partial charge in [0.05, 0.1) is 6.54 Å². The maximum atomic E-state index is 12.5. The van der Waals surface area contributed by atoms with Crippen LogP contribution >= 0.6 is 15.9 Å². The zero-order valence-electron chi connectivity index (χ0n) is 14.5. The van der Waals surface area contributed by atoms with Crippen LogP contribution in [0.25, 0.3) is 0 Å². The van der Waals surface area contributed by atoms with Crippen LogP contribution in [0, 0.1) is 0 Å². The van der Waals surface area contributed by atoms with Crippen LogP contribution in [0.2, 0.25) is 0 Å². The number of carbonyl (C=O) groups is 1. The van der Waals surface area contributed by atoms with Crippen molar-refractivity contribution < 1.29 is 19.2 Å². The Labute approximate surface area is 161 Å². The van der Waals surface area contributed by atoms with Crippen molar-refractivity contribution in [2.24, 2.45) is 0 Å². The number of rotatable bonds is 4. The second-order valence-corrected chi connectivity index (χ2v) is 7.66. The molecule has 136 valence electrons. The summed E-state index contributed by atoms with van der Waals surface area (Å²) in [5.74, 6) is 1.67. The molecule has 0 aliphatic carbocycles. The van der Waals surface area contributed by atoms with Gasteiger partial charge in [0.2, 0.25) is 0 Å². The van der Waals surface area contributed by atoms with E-state index in [9.17, 15) is 4.79 Å². The summed E-state index contributed by atoms with van der Waals surface area (Å²) in [7, 11) is 0. The van der Waals surface area contributed by atoms with Crippen molar-refractivity contribution in [2.75, 3.05) is 31.6 Å². The van der Waals surface area contributed by atoms with Crippen LogP contribution in [0.15, 0.2) is 46.9 Å². The van der Waals surface area contributed by atoms with Crippen LogP contribution in [0.1, 0.15) is 24.4 Å². The van der Waals surface area contributed by atoms with E-state index in [1.54, 1.807) is 0 Å². The van der Waals surface area contributed by atoms with Crippen LogP contribution in [-0.4, -0.2) is 32.2 Å². The average Bonchev–Trinajstić information content (AvgIpc) is 3.09. The van der Waals surface area contributed by atoms with Crippen LogP contribution in [-0.2, 0) is 4.79 Å². The Morgan fingerprint density at radius 2 is 2.00 bits per heavy atom. The van der Waals surface area contributed by atoms with Gasteiger partial charge >= 0.3 is 0 Å². The first-order valence-electron chi connectivity index (χ1n) is 8.98. The van der Waals surface area contributed by atoms with Crippen molar-refractivity contribution in [1.29, 1.82) is 0 Å². The Kier molecular flexibility index (Phi) is 5.13. The SMILES string of the molecule is O=C(C[NH+]1CCC[C@@H]1c1ccc2c(c1)OCCO2)Nc1cccc(Br)c1. The normalized spacial score (nSPS) is 21.4. The smallest absolute Gasteiger partial charge is 0.279 e. The van der Waals surface area contributed by atoms with Gasteiger partial charge in [-0.2, -0.15) is 0 Å². The maximum Gasteiger partial charge on any atom is 0.279 e. The van der Waals surface area contributed by atoms with Gasteiger partial charge in [-0.3, -0.25) is 4.79 Å². The van der Waals surface area contributed by atoms with E-state index in [1.165, 1.54) is 10.5 Å². The lowest BCUT2D eigenvalue weighted by Gasteiger charge is -2.24. The quantitative estimate of drug-likeness (QED) is 0.803. The minimum Gasteiger partial charge on any atom is -0.486 e. The molecule has 0 radical (unpaired) electrons. The van der Waals surface area contributed by atoms with E-state index in [2.05, 4.69) is 33.4 Å². The van der Waals surface area contributed by atoms with Gasteiger partial charge in [0.25, 0.3) is 5.91 Å².